The van der Waals surface area contributed by atoms with Gasteiger partial charge >= 0.3 is 6.18 Å². The van der Waals surface area contributed by atoms with Gasteiger partial charge in [0, 0.05) is 5.54 Å². The molecule has 3 saturated heterocycles. The van der Waals surface area contributed by atoms with Crippen LogP contribution in [0.5, 0.6) is 0 Å². The van der Waals surface area contributed by atoms with Gasteiger partial charge in [0.05, 0.1) is 15.6 Å². The van der Waals surface area contributed by atoms with Gasteiger partial charge in [0.25, 0.3) is 5.91 Å². The highest BCUT2D eigenvalue weighted by molar-refractivity contribution is 7.21. The predicted octanol–water partition coefficient (Wildman–Crippen LogP) is 4.42. The molecule has 1 saturated carbocycles. The van der Waals surface area contributed by atoms with Gasteiger partial charge in [-0.25, -0.2) is 4.39 Å². The molecular weight excluding hydrogens is 380 g/mol. The van der Waals surface area contributed by atoms with Crippen LogP contribution >= 0.6 is 11.3 Å². The highest BCUT2D eigenvalue weighted by Crippen LogP contribution is 2.53. The number of rotatable bonds is 2. The minimum Gasteiger partial charge on any atom is -0.346 e. The Morgan fingerprint density at radius 1 is 1.22 bits per heavy atom. The van der Waals surface area contributed by atoms with Crippen LogP contribution in [-0.2, 0) is 6.18 Å². The molecule has 3 nitrogen and oxygen atoms in total. The third kappa shape index (κ3) is 2.60. The second-order valence-corrected chi connectivity index (χ2v) is 8.88. The first-order chi connectivity index (χ1) is 12.8. The fourth-order valence-electron chi connectivity index (χ4n) is 4.99. The van der Waals surface area contributed by atoms with Crippen LogP contribution in [0.25, 0.3) is 10.1 Å². The number of nitrogens with one attached hydrogen (secondary N) is 1. The number of fused-ring (bicyclic) bond motifs is 3. The number of amides is 1. The lowest BCUT2D eigenvalue weighted by molar-refractivity contribution is -0.138. The number of thiophene rings is 1. The Kier molecular flexibility index (Phi) is 3.66. The molecule has 1 amide bonds. The Balaban J connectivity index is 1.47. The molecule has 4 aliphatic rings. The molecule has 0 unspecified atom stereocenters. The van der Waals surface area contributed by atoms with E-state index in [1.165, 1.54) is 12.1 Å². The maximum atomic E-state index is 13.8. The van der Waals surface area contributed by atoms with E-state index >= 15 is 0 Å². The highest BCUT2D eigenvalue weighted by atomic mass is 32.1. The van der Waals surface area contributed by atoms with Crippen molar-refractivity contribution in [1.29, 1.82) is 0 Å². The fourth-order valence-corrected chi connectivity index (χ4v) is 6.11. The number of benzene rings is 1. The van der Waals surface area contributed by atoms with Crippen LogP contribution in [-0.4, -0.2) is 35.5 Å². The van der Waals surface area contributed by atoms with Crippen molar-refractivity contribution in [2.24, 2.45) is 5.92 Å². The van der Waals surface area contributed by atoms with Gasteiger partial charge in [0.1, 0.15) is 11.4 Å². The average Bonchev–Trinajstić information content (AvgIpc) is 3.27. The Morgan fingerprint density at radius 3 is 2.56 bits per heavy atom. The van der Waals surface area contributed by atoms with E-state index in [-0.39, 0.29) is 32.5 Å². The summed E-state index contributed by atoms with van der Waals surface area (Å²) in [4.78, 5) is 15.5. The van der Waals surface area contributed by atoms with Crippen molar-refractivity contribution in [1.82, 2.24) is 10.2 Å². The van der Waals surface area contributed by atoms with Gasteiger partial charge in [0.15, 0.2) is 0 Å². The summed E-state index contributed by atoms with van der Waals surface area (Å²) in [7, 11) is 0. The maximum absolute atomic E-state index is 13.8. The Labute approximate surface area is 157 Å². The number of carbonyl (C=O) groups is 1. The first-order valence-corrected chi connectivity index (χ1v) is 9.96. The first-order valence-electron chi connectivity index (χ1n) is 9.15. The summed E-state index contributed by atoms with van der Waals surface area (Å²) >= 11 is 0.717. The smallest absolute Gasteiger partial charge is 0.346 e. The number of alkyl halides is 3. The normalized spacial score (nSPS) is 28.7. The van der Waals surface area contributed by atoms with Gasteiger partial charge in [-0.3, -0.25) is 9.69 Å². The summed E-state index contributed by atoms with van der Waals surface area (Å²) in [6, 6.07) is 3.59. The van der Waals surface area contributed by atoms with Crippen LogP contribution in [0.1, 0.15) is 40.9 Å². The summed E-state index contributed by atoms with van der Waals surface area (Å²) in [6.07, 6.45) is -0.588. The van der Waals surface area contributed by atoms with Crippen molar-refractivity contribution >= 4 is 27.3 Å². The van der Waals surface area contributed by atoms with Gasteiger partial charge in [-0.2, -0.15) is 13.2 Å². The number of halogens is 4. The lowest BCUT2D eigenvalue weighted by atomic mass is 9.77. The third-order valence-corrected chi connectivity index (χ3v) is 7.58. The lowest BCUT2D eigenvalue weighted by Crippen LogP contribution is -2.65. The quantitative estimate of drug-likeness (QED) is 0.760. The molecule has 1 aromatic heterocycles. The van der Waals surface area contributed by atoms with E-state index < -0.39 is 17.6 Å². The number of piperidine rings is 3. The van der Waals surface area contributed by atoms with Crippen LogP contribution < -0.4 is 5.32 Å². The molecule has 27 heavy (non-hydrogen) atoms. The monoisotopic (exact) mass is 398 g/mol. The maximum Gasteiger partial charge on any atom is 0.420 e. The molecule has 0 radical (unpaired) electrons. The molecule has 8 heteroatoms. The lowest BCUT2D eigenvalue weighted by Gasteiger charge is -2.52. The Morgan fingerprint density at radius 2 is 1.93 bits per heavy atom. The zero-order valence-electron chi connectivity index (χ0n) is 14.4. The minimum atomic E-state index is -4.80. The molecule has 3 aliphatic heterocycles. The standard InChI is InChI=1S/C19H18F4N2OS/c20-12-2-1-11-9-13(27-15(11)14(12)19(21,22)23)17(26)24-16-10-3-7-25(8-4-10)18(16)5-6-18/h1-2,9-10,16H,3-8H2,(H,24,26)/t16-/m0/s1. The molecule has 6 rings (SSSR count). The summed E-state index contributed by atoms with van der Waals surface area (Å²) in [5, 5.41) is 3.35. The number of carbonyl (C=O) groups excluding carboxylic acids is 1. The molecule has 4 heterocycles. The minimum absolute atomic E-state index is 0.0523. The third-order valence-electron chi connectivity index (χ3n) is 6.41. The summed E-state index contributed by atoms with van der Waals surface area (Å²) in [5.41, 5.74) is -1.23. The van der Waals surface area contributed by atoms with Crippen LogP contribution in [0.15, 0.2) is 18.2 Å². The number of hydrogen-bond acceptors (Lipinski definition) is 3. The molecule has 4 fully saturated rings. The van der Waals surface area contributed by atoms with Crippen LogP contribution in [0, 0.1) is 11.7 Å². The van der Waals surface area contributed by atoms with Crippen molar-refractivity contribution in [3.8, 4) is 0 Å². The second-order valence-electron chi connectivity index (χ2n) is 7.83. The van der Waals surface area contributed by atoms with Crippen molar-refractivity contribution < 1.29 is 22.4 Å². The topological polar surface area (TPSA) is 32.3 Å². The molecule has 1 aromatic carbocycles. The van der Waals surface area contributed by atoms with E-state index in [9.17, 15) is 22.4 Å². The summed E-state index contributed by atoms with van der Waals surface area (Å²) in [6.45, 7) is 2.13. The molecule has 1 aliphatic carbocycles. The predicted molar refractivity (Wildman–Crippen MR) is 94.3 cm³/mol. The van der Waals surface area contributed by atoms with Gasteiger partial charge in [-0.15, -0.1) is 11.3 Å². The number of nitrogens with zero attached hydrogens (tertiary/aromatic N) is 1. The summed E-state index contributed by atoms with van der Waals surface area (Å²) in [5.74, 6) is -1.23. The molecule has 2 aromatic rings. The van der Waals surface area contributed by atoms with E-state index in [2.05, 4.69) is 10.2 Å². The first kappa shape index (κ1) is 17.4. The molecule has 1 N–H and O–H groups in total. The van der Waals surface area contributed by atoms with E-state index in [1.807, 2.05) is 0 Å². The van der Waals surface area contributed by atoms with Gasteiger partial charge in [-0.1, -0.05) is 6.07 Å². The molecule has 2 bridgehead atoms. The van der Waals surface area contributed by atoms with E-state index in [0.717, 1.165) is 44.8 Å². The zero-order chi connectivity index (χ0) is 19.0. The van der Waals surface area contributed by atoms with Gasteiger partial charge in [-0.05, 0) is 62.2 Å². The molecular formula is C19H18F4N2OS. The van der Waals surface area contributed by atoms with E-state index in [1.54, 1.807) is 0 Å². The average molecular weight is 398 g/mol. The van der Waals surface area contributed by atoms with E-state index in [0.29, 0.717) is 17.3 Å². The van der Waals surface area contributed by atoms with Crippen LogP contribution in [0.2, 0.25) is 0 Å². The summed E-state index contributed by atoms with van der Waals surface area (Å²) < 4.78 is 53.3. The van der Waals surface area contributed by atoms with E-state index in [4.69, 9.17) is 0 Å². The SMILES string of the molecule is O=C(N[C@H]1C2CCN(CC2)C12CC2)c1cc2ccc(F)c(C(F)(F)F)c2s1. The second kappa shape index (κ2) is 5.67. The Hall–Kier alpha value is -1.67. The largest absolute Gasteiger partial charge is 0.420 e. The van der Waals surface area contributed by atoms with Gasteiger partial charge < -0.3 is 5.32 Å². The van der Waals surface area contributed by atoms with Crippen molar-refractivity contribution in [2.75, 3.05) is 13.1 Å². The fraction of sp³-hybridized carbons (Fsp3) is 0.526. The van der Waals surface area contributed by atoms with Gasteiger partial charge in [0.2, 0.25) is 0 Å². The molecule has 1 spiro atoms. The number of hydrogen-bond donors (Lipinski definition) is 1. The Bertz CT molecular complexity index is 926. The van der Waals surface area contributed by atoms with Crippen molar-refractivity contribution in [2.45, 2.75) is 43.4 Å². The van der Waals surface area contributed by atoms with Crippen LogP contribution in [0.3, 0.4) is 0 Å². The highest BCUT2D eigenvalue weighted by Gasteiger charge is 2.60. The molecule has 144 valence electrons. The molecule has 1 atom stereocenters. The zero-order valence-corrected chi connectivity index (χ0v) is 15.2. The van der Waals surface area contributed by atoms with Crippen molar-refractivity contribution in [3.05, 3.63) is 34.5 Å². The van der Waals surface area contributed by atoms with Crippen molar-refractivity contribution in [3.63, 3.8) is 0 Å². The van der Waals surface area contributed by atoms with Crippen LogP contribution in [0.4, 0.5) is 17.6 Å².